The minimum atomic E-state index is -0.446. The Bertz CT molecular complexity index is 657. The van der Waals surface area contributed by atoms with Crippen molar-refractivity contribution >= 4 is 11.4 Å². The van der Waals surface area contributed by atoms with Gasteiger partial charge in [-0.1, -0.05) is 13.8 Å². The van der Waals surface area contributed by atoms with Crippen LogP contribution in [0.2, 0.25) is 0 Å². The SMILES string of the molecule is CCc1cc(O)ccc1N.CCc1cc(O)ccc1[N+](=O)[O-]. The highest BCUT2D eigenvalue weighted by molar-refractivity contribution is 5.50. The van der Waals surface area contributed by atoms with Gasteiger partial charge in [0.1, 0.15) is 11.5 Å². The molecule has 0 aromatic heterocycles. The Morgan fingerprint density at radius 1 is 1.00 bits per heavy atom. The molecule has 0 atom stereocenters. The standard InChI is InChI=1S/C8H9NO3.C8H11NO/c1-2-6-5-7(10)3-4-8(6)9(11)12;1-2-6-5-7(10)3-4-8(6)9/h3-5,10H,2H2,1H3;3-5,10H,2,9H2,1H3. The maximum atomic E-state index is 10.4. The molecule has 2 aromatic rings. The third kappa shape index (κ3) is 4.66. The van der Waals surface area contributed by atoms with Gasteiger partial charge in [-0.25, -0.2) is 0 Å². The lowest BCUT2D eigenvalue weighted by molar-refractivity contribution is -0.385. The zero-order chi connectivity index (χ0) is 16.7. The number of nitro groups is 1. The summed E-state index contributed by atoms with van der Waals surface area (Å²) in [4.78, 5) is 9.97. The highest BCUT2D eigenvalue weighted by Crippen LogP contribution is 2.23. The van der Waals surface area contributed by atoms with Crippen LogP contribution in [-0.4, -0.2) is 15.1 Å². The van der Waals surface area contributed by atoms with Crippen molar-refractivity contribution in [3.8, 4) is 11.5 Å². The number of benzene rings is 2. The molecule has 0 saturated heterocycles. The Morgan fingerprint density at radius 3 is 1.95 bits per heavy atom. The Morgan fingerprint density at radius 2 is 1.50 bits per heavy atom. The van der Waals surface area contributed by atoms with Crippen molar-refractivity contribution < 1.29 is 15.1 Å². The zero-order valence-corrected chi connectivity index (χ0v) is 12.6. The van der Waals surface area contributed by atoms with Gasteiger partial charge >= 0.3 is 0 Å². The largest absolute Gasteiger partial charge is 0.508 e. The molecule has 4 N–H and O–H groups in total. The van der Waals surface area contributed by atoms with E-state index in [-0.39, 0.29) is 17.2 Å². The first-order valence-corrected chi connectivity index (χ1v) is 6.92. The molecule has 0 aliphatic heterocycles. The number of aryl methyl sites for hydroxylation is 2. The summed E-state index contributed by atoms with van der Waals surface area (Å²) in [5.41, 5.74) is 7.96. The second-order valence-electron chi connectivity index (χ2n) is 4.66. The van der Waals surface area contributed by atoms with E-state index < -0.39 is 4.92 Å². The first kappa shape index (κ1) is 17.3. The number of anilines is 1. The minimum absolute atomic E-state index is 0.0651. The molecule has 0 heterocycles. The predicted octanol–water partition coefficient (Wildman–Crippen LogP) is 3.40. The van der Waals surface area contributed by atoms with E-state index >= 15 is 0 Å². The molecule has 6 nitrogen and oxygen atoms in total. The van der Waals surface area contributed by atoms with Gasteiger partial charge in [-0.15, -0.1) is 0 Å². The number of nitrogen functional groups attached to an aromatic ring is 1. The lowest BCUT2D eigenvalue weighted by Crippen LogP contribution is -1.93. The predicted molar refractivity (Wildman–Crippen MR) is 86.0 cm³/mol. The maximum Gasteiger partial charge on any atom is 0.272 e. The van der Waals surface area contributed by atoms with Crippen LogP contribution in [0.5, 0.6) is 11.5 Å². The molecule has 2 aromatic carbocycles. The van der Waals surface area contributed by atoms with Crippen molar-refractivity contribution in [1.82, 2.24) is 0 Å². The zero-order valence-electron chi connectivity index (χ0n) is 12.6. The van der Waals surface area contributed by atoms with E-state index in [1.54, 1.807) is 18.2 Å². The summed E-state index contributed by atoms with van der Waals surface area (Å²) >= 11 is 0. The molecule has 0 unspecified atom stereocenters. The van der Waals surface area contributed by atoms with Crippen molar-refractivity contribution in [3.05, 3.63) is 57.6 Å². The summed E-state index contributed by atoms with van der Waals surface area (Å²) in [6.45, 7) is 3.81. The van der Waals surface area contributed by atoms with Gasteiger partial charge in [0.15, 0.2) is 0 Å². The fourth-order valence-corrected chi connectivity index (χ4v) is 1.93. The highest BCUT2D eigenvalue weighted by atomic mass is 16.6. The quantitative estimate of drug-likeness (QED) is 0.348. The fraction of sp³-hybridized carbons (Fsp3) is 0.250. The van der Waals surface area contributed by atoms with E-state index in [0.717, 1.165) is 17.7 Å². The molecule has 0 fully saturated rings. The van der Waals surface area contributed by atoms with Gasteiger partial charge in [0, 0.05) is 17.3 Å². The average molecular weight is 304 g/mol. The first-order chi connectivity index (χ1) is 10.4. The number of hydrogen-bond donors (Lipinski definition) is 3. The molecular weight excluding hydrogens is 284 g/mol. The topological polar surface area (TPSA) is 110 Å². The van der Waals surface area contributed by atoms with Crippen molar-refractivity contribution in [2.75, 3.05) is 5.73 Å². The van der Waals surface area contributed by atoms with Crippen LogP contribution in [0.15, 0.2) is 36.4 Å². The Kier molecular flexibility index (Phi) is 6.19. The van der Waals surface area contributed by atoms with Crippen LogP contribution in [0, 0.1) is 10.1 Å². The summed E-state index contributed by atoms with van der Waals surface area (Å²) in [5, 5.41) is 28.5. The van der Waals surface area contributed by atoms with E-state index in [1.807, 2.05) is 13.8 Å². The summed E-state index contributed by atoms with van der Waals surface area (Å²) in [6, 6.07) is 9.04. The molecule has 0 aliphatic carbocycles. The van der Waals surface area contributed by atoms with E-state index in [2.05, 4.69) is 0 Å². The van der Waals surface area contributed by atoms with Gasteiger partial charge < -0.3 is 15.9 Å². The number of nitrogens with zero attached hydrogens (tertiary/aromatic N) is 1. The van der Waals surface area contributed by atoms with Crippen LogP contribution in [0.4, 0.5) is 11.4 Å². The van der Waals surface area contributed by atoms with E-state index in [4.69, 9.17) is 15.9 Å². The normalized spacial score (nSPS) is 9.73. The average Bonchev–Trinajstić information content (AvgIpc) is 2.49. The molecule has 2 rings (SSSR count). The number of aromatic hydroxyl groups is 2. The van der Waals surface area contributed by atoms with Gasteiger partial charge in [-0.3, -0.25) is 10.1 Å². The summed E-state index contributed by atoms with van der Waals surface area (Å²) in [7, 11) is 0. The second-order valence-corrected chi connectivity index (χ2v) is 4.66. The lowest BCUT2D eigenvalue weighted by Gasteiger charge is -2.01. The van der Waals surface area contributed by atoms with Crippen molar-refractivity contribution in [2.24, 2.45) is 0 Å². The molecule has 0 aliphatic rings. The van der Waals surface area contributed by atoms with Gasteiger partial charge in [-0.05, 0) is 48.7 Å². The number of rotatable bonds is 3. The Hall–Kier alpha value is -2.76. The number of phenolic OH excluding ortho intramolecular Hbond substituents is 2. The van der Waals surface area contributed by atoms with Crippen molar-refractivity contribution in [1.29, 1.82) is 0 Å². The highest BCUT2D eigenvalue weighted by Gasteiger charge is 2.11. The number of phenols is 2. The van der Waals surface area contributed by atoms with Gasteiger partial charge in [0.2, 0.25) is 0 Å². The van der Waals surface area contributed by atoms with E-state index in [0.29, 0.717) is 12.0 Å². The first-order valence-electron chi connectivity index (χ1n) is 6.92. The van der Waals surface area contributed by atoms with Crippen LogP contribution < -0.4 is 5.73 Å². The van der Waals surface area contributed by atoms with Gasteiger partial charge in [-0.2, -0.15) is 0 Å². The smallest absolute Gasteiger partial charge is 0.272 e. The minimum Gasteiger partial charge on any atom is -0.508 e. The summed E-state index contributed by atoms with van der Waals surface area (Å²) < 4.78 is 0. The van der Waals surface area contributed by atoms with Gasteiger partial charge in [0.05, 0.1) is 4.92 Å². The maximum absolute atomic E-state index is 10.4. The van der Waals surface area contributed by atoms with Gasteiger partial charge in [0.25, 0.3) is 5.69 Å². The number of hydrogen-bond acceptors (Lipinski definition) is 5. The van der Waals surface area contributed by atoms with E-state index in [9.17, 15) is 10.1 Å². The van der Waals surface area contributed by atoms with Crippen LogP contribution in [0.25, 0.3) is 0 Å². The Balaban J connectivity index is 0.000000224. The lowest BCUT2D eigenvalue weighted by atomic mass is 10.1. The van der Waals surface area contributed by atoms with Crippen LogP contribution >= 0.6 is 0 Å². The molecule has 0 spiro atoms. The fourth-order valence-electron chi connectivity index (χ4n) is 1.93. The molecule has 6 heteroatoms. The molecule has 0 bridgehead atoms. The number of nitrogens with two attached hydrogens (primary N) is 1. The third-order valence-corrected chi connectivity index (χ3v) is 3.15. The second kappa shape index (κ2) is 7.87. The summed E-state index contributed by atoms with van der Waals surface area (Å²) in [5.74, 6) is 0.350. The third-order valence-electron chi connectivity index (χ3n) is 3.15. The molecule has 0 saturated carbocycles. The van der Waals surface area contributed by atoms with Crippen molar-refractivity contribution in [2.45, 2.75) is 26.7 Å². The van der Waals surface area contributed by atoms with Crippen molar-refractivity contribution in [3.63, 3.8) is 0 Å². The van der Waals surface area contributed by atoms with Crippen LogP contribution in [0.1, 0.15) is 25.0 Å². The van der Waals surface area contributed by atoms with E-state index in [1.165, 1.54) is 18.2 Å². The van der Waals surface area contributed by atoms with Crippen LogP contribution in [-0.2, 0) is 12.8 Å². The number of nitro benzene ring substituents is 1. The molecule has 0 radical (unpaired) electrons. The summed E-state index contributed by atoms with van der Waals surface area (Å²) in [6.07, 6.45) is 1.41. The Labute approximate surface area is 129 Å². The van der Waals surface area contributed by atoms with Crippen LogP contribution in [0.3, 0.4) is 0 Å². The molecular formula is C16H20N2O4. The molecule has 118 valence electrons. The molecule has 0 amide bonds. The monoisotopic (exact) mass is 304 g/mol. The molecule has 22 heavy (non-hydrogen) atoms.